The van der Waals surface area contributed by atoms with Gasteiger partial charge in [-0.1, -0.05) is 6.92 Å². The quantitative estimate of drug-likeness (QED) is 0.503. The Labute approximate surface area is 153 Å². The monoisotopic (exact) mass is 361 g/mol. The van der Waals surface area contributed by atoms with Crippen LogP contribution in [0.1, 0.15) is 44.6 Å². The van der Waals surface area contributed by atoms with E-state index < -0.39 is 17.7 Å². The summed E-state index contributed by atoms with van der Waals surface area (Å²) in [5.74, 6) is -0.842. The summed E-state index contributed by atoms with van der Waals surface area (Å²) in [6, 6.07) is 7.30. The molecule has 6 heteroatoms. The molecule has 0 aliphatic heterocycles. The van der Waals surface area contributed by atoms with Crippen LogP contribution in [0.2, 0.25) is 0 Å². The van der Waals surface area contributed by atoms with E-state index in [9.17, 15) is 8.78 Å². The van der Waals surface area contributed by atoms with Crippen molar-refractivity contribution in [2.24, 2.45) is 4.99 Å². The molecule has 0 N–H and O–H groups in total. The van der Waals surface area contributed by atoms with Crippen molar-refractivity contribution < 1.29 is 13.5 Å². The van der Waals surface area contributed by atoms with Crippen LogP contribution in [0.25, 0.3) is 0 Å². The molecule has 0 saturated carbocycles. The molecule has 1 aromatic heterocycles. The van der Waals surface area contributed by atoms with Gasteiger partial charge in [0.15, 0.2) is 0 Å². The van der Waals surface area contributed by atoms with Crippen LogP contribution in [0, 0.1) is 18.6 Å². The first-order valence-electron chi connectivity index (χ1n) is 8.66. The highest BCUT2D eigenvalue weighted by Crippen LogP contribution is 2.27. The zero-order valence-electron chi connectivity index (χ0n) is 15.8. The molecule has 2 rings (SSSR count). The molecule has 2 aromatic rings. The maximum absolute atomic E-state index is 13.5. The minimum absolute atomic E-state index is 0.353. The van der Waals surface area contributed by atoms with Gasteiger partial charge in [0.05, 0.1) is 17.7 Å². The number of halogens is 2. The molecule has 1 atom stereocenters. The Morgan fingerprint density at radius 1 is 1.19 bits per heavy atom. The maximum atomic E-state index is 13.5. The third-order valence-electron chi connectivity index (χ3n) is 4.12. The molecule has 140 valence electrons. The van der Waals surface area contributed by atoms with Gasteiger partial charge in [-0.3, -0.25) is 0 Å². The second-order valence-electron chi connectivity index (χ2n) is 6.48. The number of ether oxygens (including phenoxy) is 1. The maximum Gasteiger partial charge on any atom is 0.214 e. The van der Waals surface area contributed by atoms with E-state index in [2.05, 4.69) is 23.8 Å². The Kier molecular flexibility index (Phi) is 6.66. The third kappa shape index (κ3) is 5.25. The van der Waals surface area contributed by atoms with E-state index in [-0.39, 0.29) is 0 Å². The number of nitrogens with zero attached hydrogens (tertiary/aromatic N) is 3. The van der Waals surface area contributed by atoms with E-state index in [0.29, 0.717) is 23.9 Å². The number of pyridine rings is 1. The topological polar surface area (TPSA) is 37.7 Å². The molecule has 0 radical (unpaired) electrons. The first kappa shape index (κ1) is 19.8. The summed E-state index contributed by atoms with van der Waals surface area (Å²) in [4.78, 5) is 10.8. The fourth-order valence-electron chi connectivity index (χ4n) is 2.31. The highest BCUT2D eigenvalue weighted by Gasteiger charge is 2.15. The lowest BCUT2D eigenvalue weighted by Crippen LogP contribution is -2.24. The van der Waals surface area contributed by atoms with E-state index in [0.717, 1.165) is 17.4 Å². The highest BCUT2D eigenvalue weighted by molar-refractivity contribution is 5.62. The molecule has 0 fully saturated rings. The highest BCUT2D eigenvalue weighted by atomic mass is 19.1. The Morgan fingerprint density at radius 2 is 1.85 bits per heavy atom. The molecule has 0 amide bonds. The number of aromatic nitrogens is 1. The Balaban J connectivity index is 2.17. The van der Waals surface area contributed by atoms with Gasteiger partial charge in [0.1, 0.15) is 17.7 Å². The van der Waals surface area contributed by atoms with E-state index in [1.54, 1.807) is 12.4 Å². The molecule has 1 heterocycles. The standard InChI is InChI=1S/C20H25F2N3O/c1-6-19(15-9-16(21)11-17(22)10-15)26-20-8-7-18(14(4)24-20)23-12-25(5)13(2)3/h7-13,19H,6H2,1-5H3/b23-12+. The average Bonchev–Trinajstić information content (AvgIpc) is 2.57. The summed E-state index contributed by atoms with van der Waals surface area (Å²) < 4.78 is 32.8. The van der Waals surface area contributed by atoms with Crippen molar-refractivity contribution in [2.45, 2.75) is 46.3 Å². The van der Waals surface area contributed by atoms with Crippen LogP contribution in [0.3, 0.4) is 0 Å². The van der Waals surface area contributed by atoms with E-state index >= 15 is 0 Å². The number of hydrogen-bond acceptors (Lipinski definition) is 3. The van der Waals surface area contributed by atoms with Gasteiger partial charge < -0.3 is 9.64 Å². The summed E-state index contributed by atoms with van der Waals surface area (Å²) in [7, 11) is 1.96. The van der Waals surface area contributed by atoms with Gasteiger partial charge in [-0.15, -0.1) is 0 Å². The Hall–Kier alpha value is -2.50. The van der Waals surface area contributed by atoms with Crippen LogP contribution in [-0.4, -0.2) is 29.3 Å². The van der Waals surface area contributed by atoms with Gasteiger partial charge in [-0.2, -0.15) is 0 Å². The lowest BCUT2D eigenvalue weighted by atomic mass is 10.1. The Morgan fingerprint density at radius 3 is 2.38 bits per heavy atom. The van der Waals surface area contributed by atoms with Crippen LogP contribution in [0.15, 0.2) is 35.3 Å². The number of benzene rings is 1. The van der Waals surface area contributed by atoms with E-state index in [1.807, 2.05) is 31.9 Å². The number of aliphatic imine (C=N–C) groups is 1. The molecule has 1 aromatic carbocycles. The van der Waals surface area contributed by atoms with Gasteiger partial charge in [-0.25, -0.2) is 18.8 Å². The number of hydrogen-bond donors (Lipinski definition) is 0. The normalized spacial score (nSPS) is 12.6. The molecule has 26 heavy (non-hydrogen) atoms. The first-order valence-corrected chi connectivity index (χ1v) is 8.66. The molecule has 0 aliphatic rings. The minimum atomic E-state index is -0.620. The van der Waals surface area contributed by atoms with Crippen molar-refractivity contribution in [3.8, 4) is 5.88 Å². The predicted molar refractivity (Wildman–Crippen MR) is 100 cm³/mol. The van der Waals surface area contributed by atoms with Crippen molar-refractivity contribution in [3.05, 3.63) is 53.2 Å². The summed E-state index contributed by atoms with van der Waals surface area (Å²) in [5, 5.41) is 0. The third-order valence-corrected chi connectivity index (χ3v) is 4.12. The summed E-state index contributed by atoms with van der Waals surface area (Å²) in [5.41, 5.74) is 1.91. The van der Waals surface area contributed by atoms with Gasteiger partial charge in [0.2, 0.25) is 5.88 Å². The first-order chi connectivity index (χ1) is 12.3. The van der Waals surface area contributed by atoms with Gasteiger partial charge in [-0.05, 0) is 51.0 Å². The van der Waals surface area contributed by atoms with Crippen molar-refractivity contribution in [1.82, 2.24) is 9.88 Å². The minimum Gasteiger partial charge on any atom is -0.469 e. The summed E-state index contributed by atoms with van der Waals surface area (Å²) >= 11 is 0. The van der Waals surface area contributed by atoms with Crippen molar-refractivity contribution >= 4 is 12.0 Å². The second kappa shape index (κ2) is 8.74. The molecule has 0 spiro atoms. The largest absolute Gasteiger partial charge is 0.469 e. The summed E-state index contributed by atoms with van der Waals surface area (Å²) in [6.07, 6.45) is 1.84. The van der Waals surface area contributed by atoms with Crippen molar-refractivity contribution in [2.75, 3.05) is 7.05 Å². The van der Waals surface area contributed by atoms with Crippen LogP contribution < -0.4 is 4.74 Å². The van der Waals surface area contributed by atoms with Crippen molar-refractivity contribution in [1.29, 1.82) is 0 Å². The van der Waals surface area contributed by atoms with Gasteiger partial charge in [0, 0.05) is 25.2 Å². The number of aryl methyl sites for hydroxylation is 1. The predicted octanol–water partition coefficient (Wildman–Crippen LogP) is 5.20. The van der Waals surface area contributed by atoms with Crippen LogP contribution in [-0.2, 0) is 0 Å². The lowest BCUT2D eigenvalue weighted by Gasteiger charge is -2.18. The summed E-state index contributed by atoms with van der Waals surface area (Å²) in [6.45, 7) is 7.89. The molecule has 4 nitrogen and oxygen atoms in total. The molecule has 1 unspecified atom stereocenters. The zero-order valence-corrected chi connectivity index (χ0v) is 15.8. The Bertz CT molecular complexity index is 757. The SMILES string of the molecule is CCC(Oc1ccc(/N=C/N(C)C(C)C)c(C)n1)c1cc(F)cc(F)c1. The van der Waals surface area contributed by atoms with E-state index in [4.69, 9.17) is 4.74 Å². The molecular weight excluding hydrogens is 336 g/mol. The molecule has 0 saturated heterocycles. The second-order valence-corrected chi connectivity index (χ2v) is 6.48. The number of rotatable bonds is 7. The zero-order chi connectivity index (χ0) is 19.3. The molecule has 0 aliphatic carbocycles. The molecular formula is C20H25F2N3O. The fourth-order valence-corrected chi connectivity index (χ4v) is 2.31. The van der Waals surface area contributed by atoms with Crippen LogP contribution in [0.4, 0.5) is 14.5 Å². The molecule has 0 bridgehead atoms. The smallest absolute Gasteiger partial charge is 0.214 e. The average molecular weight is 361 g/mol. The lowest BCUT2D eigenvalue weighted by molar-refractivity contribution is 0.191. The van der Waals surface area contributed by atoms with Crippen LogP contribution >= 0.6 is 0 Å². The van der Waals surface area contributed by atoms with Crippen LogP contribution in [0.5, 0.6) is 5.88 Å². The van der Waals surface area contributed by atoms with Gasteiger partial charge in [0.25, 0.3) is 0 Å². The fraction of sp³-hybridized carbons (Fsp3) is 0.400. The van der Waals surface area contributed by atoms with Gasteiger partial charge >= 0.3 is 0 Å². The van der Waals surface area contributed by atoms with E-state index in [1.165, 1.54) is 12.1 Å². The van der Waals surface area contributed by atoms with Crippen molar-refractivity contribution in [3.63, 3.8) is 0 Å².